The summed E-state index contributed by atoms with van der Waals surface area (Å²) in [6.45, 7) is 8.24. The first-order valence-corrected chi connectivity index (χ1v) is 10.8. The van der Waals surface area contributed by atoms with Gasteiger partial charge in [-0.1, -0.05) is 23.7 Å². The minimum Gasteiger partial charge on any atom is -0.507 e. The number of ether oxygens (including phenoxy) is 1. The molecular formula is C22H28ClN3O4. The maximum Gasteiger partial charge on any atom is 0.343 e. The summed E-state index contributed by atoms with van der Waals surface area (Å²) in [6, 6.07) is 7.94. The van der Waals surface area contributed by atoms with Crippen LogP contribution >= 0.6 is 11.6 Å². The van der Waals surface area contributed by atoms with E-state index in [-0.39, 0.29) is 5.75 Å². The highest BCUT2D eigenvalue weighted by molar-refractivity contribution is 6.30. The Balaban J connectivity index is 1.35. The highest BCUT2D eigenvalue weighted by Crippen LogP contribution is 2.23. The first-order valence-electron chi connectivity index (χ1n) is 10.4. The van der Waals surface area contributed by atoms with Gasteiger partial charge in [0.2, 0.25) is 0 Å². The number of nitrogens with zero attached hydrogens (tertiary/aromatic N) is 3. The van der Waals surface area contributed by atoms with Crippen LogP contribution in [0.2, 0.25) is 5.02 Å². The summed E-state index contributed by atoms with van der Waals surface area (Å²) in [5, 5.41) is 11.5. The fourth-order valence-electron chi connectivity index (χ4n) is 4.02. The molecule has 0 saturated carbocycles. The molecule has 1 aromatic heterocycles. The molecule has 162 valence electrons. The topological polar surface area (TPSA) is 69.4 Å². The molecule has 0 bridgehead atoms. The van der Waals surface area contributed by atoms with Crippen molar-refractivity contribution in [3.63, 3.8) is 0 Å². The van der Waals surface area contributed by atoms with Crippen LogP contribution in [0.1, 0.15) is 16.7 Å². The SMILES string of the molecule is O=c1occ(CN2CCOCC2)c(O)c1CN1CCN(Cc2cccc(Cl)c2)CC1. The van der Waals surface area contributed by atoms with Crippen LogP contribution in [0.3, 0.4) is 0 Å². The van der Waals surface area contributed by atoms with Crippen molar-refractivity contribution in [1.29, 1.82) is 0 Å². The Labute approximate surface area is 181 Å². The van der Waals surface area contributed by atoms with E-state index in [9.17, 15) is 9.90 Å². The summed E-state index contributed by atoms with van der Waals surface area (Å²) in [4.78, 5) is 19.0. The number of morpholine rings is 1. The molecule has 3 heterocycles. The zero-order valence-electron chi connectivity index (χ0n) is 17.1. The molecule has 0 aliphatic carbocycles. The zero-order valence-corrected chi connectivity index (χ0v) is 17.8. The maximum absolute atomic E-state index is 12.3. The summed E-state index contributed by atoms with van der Waals surface area (Å²) >= 11 is 6.08. The molecule has 2 aromatic rings. The van der Waals surface area contributed by atoms with E-state index in [2.05, 4.69) is 20.8 Å². The van der Waals surface area contributed by atoms with Crippen molar-refractivity contribution < 1.29 is 14.3 Å². The smallest absolute Gasteiger partial charge is 0.343 e. The summed E-state index contributed by atoms with van der Waals surface area (Å²) in [5.41, 5.74) is 1.75. The van der Waals surface area contributed by atoms with E-state index < -0.39 is 5.63 Å². The number of benzene rings is 1. The molecule has 30 heavy (non-hydrogen) atoms. The second-order valence-corrected chi connectivity index (χ2v) is 8.38. The summed E-state index contributed by atoms with van der Waals surface area (Å²) in [7, 11) is 0. The van der Waals surface area contributed by atoms with E-state index in [1.165, 1.54) is 11.8 Å². The molecule has 8 heteroatoms. The molecule has 4 rings (SSSR count). The second-order valence-electron chi connectivity index (χ2n) is 7.95. The lowest BCUT2D eigenvalue weighted by Crippen LogP contribution is -2.45. The number of hydrogen-bond donors (Lipinski definition) is 1. The van der Waals surface area contributed by atoms with Crippen LogP contribution < -0.4 is 5.63 Å². The number of aromatic hydroxyl groups is 1. The highest BCUT2D eigenvalue weighted by atomic mass is 35.5. The van der Waals surface area contributed by atoms with E-state index in [0.717, 1.165) is 50.8 Å². The fourth-order valence-corrected chi connectivity index (χ4v) is 4.23. The van der Waals surface area contributed by atoms with E-state index in [4.69, 9.17) is 20.8 Å². The number of halogens is 1. The molecule has 0 unspecified atom stereocenters. The molecule has 2 fully saturated rings. The van der Waals surface area contributed by atoms with Crippen molar-refractivity contribution in [1.82, 2.24) is 14.7 Å². The lowest BCUT2D eigenvalue weighted by molar-refractivity contribution is 0.0335. The molecular weight excluding hydrogens is 406 g/mol. The molecule has 7 nitrogen and oxygen atoms in total. The zero-order chi connectivity index (χ0) is 20.9. The lowest BCUT2D eigenvalue weighted by Gasteiger charge is -2.34. The van der Waals surface area contributed by atoms with Crippen LogP contribution in [0.25, 0.3) is 0 Å². The van der Waals surface area contributed by atoms with E-state index in [1.807, 2.05) is 18.2 Å². The molecule has 2 aliphatic heterocycles. The van der Waals surface area contributed by atoms with Crippen LogP contribution in [0, 0.1) is 0 Å². The minimum atomic E-state index is -0.459. The Kier molecular flexibility index (Phi) is 7.07. The molecule has 2 saturated heterocycles. The molecule has 0 spiro atoms. The largest absolute Gasteiger partial charge is 0.507 e. The second kappa shape index (κ2) is 9.94. The third-order valence-electron chi connectivity index (χ3n) is 5.78. The van der Waals surface area contributed by atoms with E-state index >= 15 is 0 Å². The average molecular weight is 434 g/mol. The van der Waals surface area contributed by atoms with Crippen LogP contribution in [0.4, 0.5) is 0 Å². The molecule has 0 atom stereocenters. The molecule has 1 aromatic carbocycles. The first kappa shape index (κ1) is 21.3. The number of rotatable bonds is 6. The Morgan fingerprint density at radius 3 is 2.30 bits per heavy atom. The summed E-state index contributed by atoms with van der Waals surface area (Å²) in [6.07, 6.45) is 1.39. The molecule has 0 radical (unpaired) electrons. The van der Waals surface area contributed by atoms with Crippen LogP contribution in [-0.4, -0.2) is 72.3 Å². The van der Waals surface area contributed by atoms with Gasteiger partial charge in [0.1, 0.15) is 12.0 Å². The molecule has 1 N–H and O–H groups in total. The predicted octanol–water partition coefficient (Wildman–Crippen LogP) is 2.15. The van der Waals surface area contributed by atoms with Crippen molar-refractivity contribution in [3.05, 3.63) is 62.7 Å². The van der Waals surface area contributed by atoms with Crippen molar-refractivity contribution in [2.75, 3.05) is 52.5 Å². The normalized spacial score (nSPS) is 19.2. The Morgan fingerprint density at radius 1 is 0.933 bits per heavy atom. The van der Waals surface area contributed by atoms with Gasteiger partial charge in [-0.3, -0.25) is 14.7 Å². The monoisotopic (exact) mass is 433 g/mol. The van der Waals surface area contributed by atoms with E-state index in [1.54, 1.807) is 0 Å². The quantitative estimate of drug-likeness (QED) is 0.748. The van der Waals surface area contributed by atoms with Gasteiger partial charge in [-0.15, -0.1) is 0 Å². The summed E-state index contributed by atoms with van der Waals surface area (Å²) in [5.74, 6) is 0.0686. The first-order chi connectivity index (χ1) is 14.6. The number of hydrogen-bond acceptors (Lipinski definition) is 7. The maximum atomic E-state index is 12.3. The van der Waals surface area contributed by atoms with Crippen LogP contribution in [0.15, 0.2) is 39.7 Å². The van der Waals surface area contributed by atoms with Gasteiger partial charge in [-0.25, -0.2) is 4.79 Å². The molecule has 2 aliphatic rings. The van der Waals surface area contributed by atoms with Gasteiger partial charge in [0.25, 0.3) is 0 Å². The van der Waals surface area contributed by atoms with Gasteiger partial charge in [0.05, 0.1) is 18.8 Å². The van der Waals surface area contributed by atoms with Gasteiger partial charge >= 0.3 is 5.63 Å². The van der Waals surface area contributed by atoms with Crippen LogP contribution in [0.5, 0.6) is 5.75 Å². The Bertz CT molecular complexity index is 905. The fraction of sp³-hybridized carbons (Fsp3) is 0.500. The highest BCUT2D eigenvalue weighted by Gasteiger charge is 2.22. The summed E-state index contributed by atoms with van der Waals surface area (Å²) < 4.78 is 10.6. The van der Waals surface area contributed by atoms with Gasteiger partial charge < -0.3 is 14.3 Å². The molecule has 0 amide bonds. The standard InChI is InChI=1S/C22H28ClN3O4/c23-19-3-1-2-17(12-19)13-24-4-6-25(7-5-24)15-20-21(27)18(16-30-22(20)28)14-26-8-10-29-11-9-26/h1-3,12,16,27H,4-11,13-15H2. The predicted molar refractivity (Wildman–Crippen MR) is 115 cm³/mol. The third kappa shape index (κ3) is 5.42. The van der Waals surface area contributed by atoms with Crippen molar-refractivity contribution in [3.8, 4) is 5.75 Å². The third-order valence-corrected chi connectivity index (χ3v) is 6.02. The van der Waals surface area contributed by atoms with Gasteiger partial charge in [0, 0.05) is 69.5 Å². The van der Waals surface area contributed by atoms with Gasteiger partial charge in [-0.05, 0) is 17.7 Å². The van der Waals surface area contributed by atoms with E-state index in [0.29, 0.717) is 37.4 Å². The van der Waals surface area contributed by atoms with Crippen LogP contribution in [-0.2, 0) is 24.4 Å². The van der Waals surface area contributed by atoms with Crippen molar-refractivity contribution in [2.24, 2.45) is 0 Å². The van der Waals surface area contributed by atoms with Crippen molar-refractivity contribution in [2.45, 2.75) is 19.6 Å². The number of piperazine rings is 1. The van der Waals surface area contributed by atoms with Gasteiger partial charge in [0.15, 0.2) is 0 Å². The Hall–Kier alpha value is -1.90. The average Bonchev–Trinajstić information content (AvgIpc) is 2.75. The Morgan fingerprint density at radius 2 is 1.60 bits per heavy atom. The van der Waals surface area contributed by atoms with Gasteiger partial charge in [-0.2, -0.15) is 0 Å². The minimum absolute atomic E-state index is 0.0686. The lowest BCUT2D eigenvalue weighted by atomic mass is 10.1. The van der Waals surface area contributed by atoms with Crippen molar-refractivity contribution >= 4 is 11.6 Å².